The molecule has 0 bridgehead atoms. The number of fused-ring (bicyclic) bond motifs is 12. The van der Waals surface area contributed by atoms with Gasteiger partial charge in [-0.2, -0.15) is 0 Å². The molecule has 4 nitrogen and oxygen atoms in total. The number of hydrogen-bond acceptors (Lipinski definition) is 0. The van der Waals surface area contributed by atoms with Crippen molar-refractivity contribution in [3.8, 4) is 89.5 Å². The summed E-state index contributed by atoms with van der Waals surface area (Å²) in [5, 5.41) is -4.93. The van der Waals surface area contributed by atoms with Crippen LogP contribution in [0.2, 0.25) is 0 Å². The van der Waals surface area contributed by atoms with Crippen LogP contribution in [0.15, 0.2) is 375 Å². The van der Waals surface area contributed by atoms with Gasteiger partial charge in [-0.3, -0.25) is 0 Å². The first-order valence-corrected chi connectivity index (χ1v) is 30.2. The van der Waals surface area contributed by atoms with Gasteiger partial charge in [-0.05, 0) is 195 Å². The van der Waals surface area contributed by atoms with Gasteiger partial charge in [0, 0.05) is 65.8 Å². The van der Waals surface area contributed by atoms with Gasteiger partial charge in [-0.1, -0.05) is 271 Å². The Balaban J connectivity index is 0.000000202. The van der Waals surface area contributed by atoms with Gasteiger partial charge in [-0.25, -0.2) is 0 Å². The first-order valence-electron chi connectivity index (χ1n) is 61.2. The molecule has 0 saturated carbocycles. The smallest absolute Gasteiger partial charge is 0.0652 e. The van der Waals surface area contributed by atoms with Gasteiger partial charge in [0.1, 0.15) is 0 Å². The first kappa shape index (κ1) is 24.0. The standard InChI is InChI=1S/2C49H34N2/c1-33-13-11-16-35(27-33)36-17-12-18-37(28-36)39-29-38(34-14-3-2-4-15-34)30-41(31-39)51-48-24-10-7-21-44(48)45-32-40(25-26-49(45)51)50-46-22-8-5-19-42(46)43-20-6-9-23-47(43)50;1-33-19-21-35(22-20-33)36-23-25-37(26-24-36)39-29-38(34-11-3-2-4-12-34)30-41(31-39)51-48-18-10-7-15-44(48)45-32-40(27-28-49(45)51)50-46-16-8-5-13-42(46)43-14-6-9-17-47(43)50/h2*2-32H,1H3/i2*2D,3D,4D,5D,6D,7D,8D,9D,10D,11D,12D,13D,14D,15D,16D,17D,18D,19D,20D,21D,22D,23D,24D,25D,26D,27D,28D,29D,30D,31D,32D. The molecular weight excluding hydrogens is 1230 g/mol. The van der Waals surface area contributed by atoms with Crippen LogP contribution < -0.4 is 0 Å². The van der Waals surface area contributed by atoms with E-state index < -0.39 is 551 Å². The monoisotopic (exact) mass is 1360 g/mol. The summed E-state index contributed by atoms with van der Waals surface area (Å²) < 4.78 is 565. The predicted molar refractivity (Wildman–Crippen MR) is 432 cm³/mol. The van der Waals surface area contributed by atoms with Gasteiger partial charge in [0.15, 0.2) is 0 Å². The molecular formula is C98H68N4. The molecule has 0 amide bonds. The van der Waals surface area contributed by atoms with Crippen molar-refractivity contribution in [2.75, 3.05) is 0 Å². The molecule has 0 aliphatic heterocycles. The first-order chi connectivity index (χ1) is 76.3. The SMILES string of the molecule is [2H]c1c([2H])c([2H])c(-c2c([2H])c(-c3c([2H])c([2H])c(-c4c([2H])c([2H])c(C)c([2H])c4[2H])c([2H])c3[2H])c([2H])c(-n3c4c([2H])c([2H])c([2H])c([2H])c4c4c([2H])c(-n5c6c([2H])c([2H])c([2H])c([2H])c6c6c([2H])c([2H])c([2H])c([2H])c65)c([2H])c([2H])c43)c2[2H])c([2H])c1[2H].[2H]c1c([2H])c([2H])c(-c2c([2H])c(-c3c([2H])c([2H])c([2H])c(-c4c([2H])c([2H])c([2H])c(C)c4[2H])c3[2H])c([2H])c(-n3c4c([2H])c([2H])c([2H])c([2H])c4c4c([2H])c(-n5c6c([2H])c([2H])c([2H])c([2H])c6c6c([2H])c([2H])c([2H])c([2H])c65)c([2H])c([2H])c43)c2[2H])c([2H])c1[2H]. The second kappa shape index (κ2) is 24.9. The van der Waals surface area contributed by atoms with Crippen molar-refractivity contribution in [2.45, 2.75) is 13.8 Å². The van der Waals surface area contributed by atoms with E-state index in [-0.39, 0.29) is 11.1 Å². The summed E-state index contributed by atoms with van der Waals surface area (Å²) in [7, 11) is 0. The summed E-state index contributed by atoms with van der Waals surface area (Å²) in [5.41, 5.74) is -20.7. The Hall–Kier alpha value is -13.3. The van der Waals surface area contributed by atoms with Gasteiger partial charge >= 0.3 is 0 Å². The summed E-state index contributed by atoms with van der Waals surface area (Å²) in [6, 6.07) is -60.1. The fourth-order valence-corrected chi connectivity index (χ4v) is 11.6. The Bertz CT molecular complexity index is 10300. The van der Waals surface area contributed by atoms with Crippen molar-refractivity contribution in [3.05, 3.63) is 386 Å². The molecule has 0 unspecified atom stereocenters. The molecule has 0 fully saturated rings. The van der Waals surface area contributed by atoms with E-state index in [9.17, 15) is 30.2 Å². The van der Waals surface area contributed by atoms with Crippen molar-refractivity contribution in [1.29, 1.82) is 0 Å². The van der Waals surface area contributed by atoms with E-state index in [1.54, 1.807) is 0 Å². The highest BCUT2D eigenvalue weighted by Crippen LogP contribution is 2.43. The lowest BCUT2D eigenvalue weighted by Crippen LogP contribution is -1.97. The minimum absolute atomic E-state index is 0.123. The Morgan fingerprint density at radius 3 is 0.804 bits per heavy atom. The molecule has 4 aromatic heterocycles. The lowest BCUT2D eigenvalue weighted by Gasteiger charge is -2.15. The number of para-hydroxylation sites is 6. The van der Waals surface area contributed by atoms with Crippen molar-refractivity contribution in [1.82, 2.24) is 18.3 Å². The molecule has 102 heavy (non-hydrogen) atoms. The lowest BCUT2D eigenvalue weighted by atomic mass is 9.95. The van der Waals surface area contributed by atoms with Gasteiger partial charge in [0.05, 0.1) is 129 Å². The molecule has 4 heteroatoms. The van der Waals surface area contributed by atoms with Crippen LogP contribution in [-0.2, 0) is 0 Å². The summed E-state index contributed by atoms with van der Waals surface area (Å²) in [4.78, 5) is 0. The van der Waals surface area contributed by atoms with Crippen LogP contribution in [0, 0.1) is 13.8 Å². The Morgan fingerprint density at radius 1 is 0.157 bits per heavy atom. The molecule has 0 N–H and O–H groups in total. The Labute approximate surface area is 679 Å². The third-order valence-corrected chi connectivity index (χ3v) is 16.0. The van der Waals surface area contributed by atoms with Crippen LogP contribution in [0.5, 0.6) is 0 Å². The van der Waals surface area contributed by atoms with E-state index in [4.69, 9.17) is 54.8 Å². The second-order valence-electron chi connectivity index (χ2n) is 22.0. The summed E-state index contributed by atoms with van der Waals surface area (Å²) >= 11 is 0. The van der Waals surface area contributed by atoms with Crippen molar-refractivity contribution < 1.29 is 85.0 Å². The Kier molecular flexibility index (Phi) is 5.86. The summed E-state index contributed by atoms with van der Waals surface area (Å²) in [5.74, 6) is 0. The molecule has 0 aliphatic rings. The molecule has 0 spiro atoms. The number of nitrogens with zero attached hydrogens (tertiary/aromatic N) is 4. The summed E-state index contributed by atoms with van der Waals surface area (Å²) in [6.45, 7) is 2.51. The molecule has 0 atom stereocenters. The van der Waals surface area contributed by atoms with E-state index in [1.165, 1.54) is 13.8 Å². The minimum atomic E-state index is -1.21. The second-order valence-corrected chi connectivity index (χ2v) is 22.0. The molecule has 0 radical (unpaired) electrons. The number of aromatic nitrogens is 4. The zero-order valence-corrected chi connectivity index (χ0v) is 51.8. The van der Waals surface area contributed by atoms with Crippen molar-refractivity contribution in [2.24, 2.45) is 0 Å². The molecule has 20 rings (SSSR count). The topological polar surface area (TPSA) is 19.7 Å². The lowest BCUT2D eigenvalue weighted by molar-refractivity contribution is 1.17. The molecule has 20 aromatic rings. The fraction of sp³-hybridized carbons (Fsp3) is 0.0204. The van der Waals surface area contributed by atoms with Crippen LogP contribution in [0.25, 0.3) is 177 Å². The molecule has 4 heterocycles. The largest absolute Gasteiger partial charge is 0.309 e. The van der Waals surface area contributed by atoms with Crippen LogP contribution in [0.3, 0.4) is 0 Å². The zero-order chi connectivity index (χ0) is 122. The Morgan fingerprint density at radius 2 is 0.412 bits per heavy atom. The third kappa shape index (κ3) is 10.5. The molecule has 0 aliphatic carbocycles. The maximum Gasteiger partial charge on any atom is 0.0652 e. The third-order valence-electron chi connectivity index (χ3n) is 16.0. The van der Waals surface area contributed by atoms with E-state index in [0.717, 1.165) is 9.13 Å². The van der Waals surface area contributed by atoms with Crippen molar-refractivity contribution >= 4 is 87.2 Å². The zero-order valence-electron chi connectivity index (χ0n) is 114. The van der Waals surface area contributed by atoms with Crippen LogP contribution in [0.1, 0.15) is 96.1 Å². The average molecular weight is 1360 g/mol. The highest BCUT2D eigenvalue weighted by Gasteiger charge is 2.21. The highest BCUT2D eigenvalue weighted by molar-refractivity contribution is 6.14. The summed E-state index contributed by atoms with van der Waals surface area (Å²) in [6.07, 6.45) is 0. The predicted octanol–water partition coefficient (Wildman–Crippen LogP) is 26.4. The molecule has 16 aromatic carbocycles. The normalized spacial score (nSPS) is 20.1. The average Bonchev–Trinajstić information content (AvgIpc) is 1.51. The number of rotatable bonds is 10. The van der Waals surface area contributed by atoms with Gasteiger partial charge < -0.3 is 18.3 Å². The van der Waals surface area contributed by atoms with E-state index in [1.807, 2.05) is 0 Å². The molecule has 0 saturated heterocycles. The van der Waals surface area contributed by atoms with Crippen LogP contribution in [-0.4, -0.2) is 18.3 Å². The van der Waals surface area contributed by atoms with E-state index in [0.29, 0.717) is 9.13 Å². The highest BCUT2D eigenvalue weighted by atomic mass is 15.0. The van der Waals surface area contributed by atoms with Crippen LogP contribution >= 0.6 is 0 Å². The van der Waals surface area contributed by atoms with E-state index in [2.05, 4.69) is 0 Å². The maximum absolute atomic E-state index is 10.1. The number of hydrogen-bond donors (Lipinski definition) is 0. The van der Waals surface area contributed by atoms with Crippen LogP contribution in [0.4, 0.5) is 0 Å². The minimum Gasteiger partial charge on any atom is -0.309 e. The quantitative estimate of drug-likeness (QED) is 0.130. The van der Waals surface area contributed by atoms with Gasteiger partial charge in [0.25, 0.3) is 0 Å². The maximum atomic E-state index is 10.1. The van der Waals surface area contributed by atoms with E-state index >= 15 is 0 Å². The van der Waals surface area contributed by atoms with Gasteiger partial charge in [-0.15, -0.1) is 0 Å². The van der Waals surface area contributed by atoms with Crippen molar-refractivity contribution in [3.63, 3.8) is 0 Å². The molecule has 480 valence electrons. The fourth-order valence-electron chi connectivity index (χ4n) is 11.6. The van der Waals surface area contributed by atoms with Gasteiger partial charge in [0.2, 0.25) is 0 Å². The number of benzene rings is 16.